The number of hydrogen-bond donors (Lipinski definition) is 1. The first-order valence-electron chi connectivity index (χ1n) is 10.3. The maximum atomic E-state index is 12.4. The second kappa shape index (κ2) is 11.0. The van der Waals surface area contributed by atoms with Crippen LogP contribution >= 0.6 is 0 Å². The smallest absolute Gasteiger partial charge is 0.194 e. The van der Waals surface area contributed by atoms with E-state index in [1.165, 1.54) is 11.1 Å². The van der Waals surface area contributed by atoms with Crippen LogP contribution in [0.25, 0.3) is 0 Å². The van der Waals surface area contributed by atoms with Gasteiger partial charge in [-0.15, -0.1) is 0 Å². The van der Waals surface area contributed by atoms with E-state index in [4.69, 9.17) is 14.5 Å². The van der Waals surface area contributed by atoms with Gasteiger partial charge in [-0.05, 0) is 42.2 Å². The molecule has 2 aromatic rings. The fourth-order valence-corrected chi connectivity index (χ4v) is 4.58. The summed E-state index contributed by atoms with van der Waals surface area (Å²) in [5.74, 6) is 3.52. The van der Waals surface area contributed by atoms with E-state index in [-0.39, 0.29) is 0 Å². The molecule has 1 atom stereocenters. The minimum absolute atomic E-state index is 0.539. The van der Waals surface area contributed by atoms with Crippen molar-refractivity contribution in [2.24, 2.45) is 4.99 Å². The number of fused-ring (bicyclic) bond motifs is 1. The number of methoxy groups -OCH3 is 2. The minimum atomic E-state index is -0.924. The number of benzene rings is 2. The molecule has 0 saturated carbocycles. The van der Waals surface area contributed by atoms with Crippen molar-refractivity contribution in [1.29, 1.82) is 0 Å². The highest BCUT2D eigenvalue weighted by Crippen LogP contribution is 2.33. The van der Waals surface area contributed by atoms with E-state index in [1.54, 1.807) is 14.2 Å². The van der Waals surface area contributed by atoms with Crippen LogP contribution in [-0.2, 0) is 29.5 Å². The van der Waals surface area contributed by atoms with Gasteiger partial charge in [0.2, 0.25) is 0 Å². The fraction of sp³-hybridized carbons (Fsp3) is 0.435. The van der Waals surface area contributed by atoms with Gasteiger partial charge in [-0.25, -0.2) is 0 Å². The molecule has 6 nitrogen and oxygen atoms in total. The molecule has 0 bridgehead atoms. The number of ether oxygens (including phenoxy) is 2. The van der Waals surface area contributed by atoms with E-state index in [9.17, 15) is 4.21 Å². The third-order valence-corrected chi connectivity index (χ3v) is 6.40. The second-order valence-electron chi connectivity index (χ2n) is 7.16. The van der Waals surface area contributed by atoms with Crippen LogP contribution in [0.2, 0.25) is 0 Å². The molecule has 0 radical (unpaired) electrons. The highest BCUT2D eigenvalue weighted by atomic mass is 32.2. The molecule has 0 spiro atoms. The van der Waals surface area contributed by atoms with Gasteiger partial charge in [0.15, 0.2) is 17.5 Å². The van der Waals surface area contributed by atoms with E-state index >= 15 is 0 Å². The summed E-state index contributed by atoms with van der Waals surface area (Å²) in [5, 5.41) is 3.38. The van der Waals surface area contributed by atoms with E-state index in [2.05, 4.69) is 29.3 Å². The molecule has 1 aliphatic heterocycles. The summed E-state index contributed by atoms with van der Waals surface area (Å²) >= 11 is 0. The largest absolute Gasteiger partial charge is 0.493 e. The molecule has 3 rings (SSSR count). The summed E-state index contributed by atoms with van der Waals surface area (Å²) in [7, 11) is 2.40. The van der Waals surface area contributed by atoms with E-state index < -0.39 is 10.8 Å². The monoisotopic (exact) mass is 429 g/mol. The zero-order valence-corrected chi connectivity index (χ0v) is 18.8. The highest BCUT2D eigenvalue weighted by molar-refractivity contribution is 7.84. The molecule has 1 aliphatic rings. The summed E-state index contributed by atoms with van der Waals surface area (Å²) in [6, 6.07) is 14.1. The molecule has 162 valence electrons. The lowest BCUT2D eigenvalue weighted by atomic mass is 9.99. The first kappa shape index (κ1) is 22.2. The van der Waals surface area contributed by atoms with Crippen molar-refractivity contribution >= 4 is 16.8 Å². The Morgan fingerprint density at radius 2 is 1.83 bits per heavy atom. The van der Waals surface area contributed by atoms with Crippen molar-refractivity contribution < 1.29 is 13.7 Å². The van der Waals surface area contributed by atoms with Crippen LogP contribution in [0.15, 0.2) is 47.5 Å². The average molecular weight is 430 g/mol. The molecule has 2 aromatic carbocycles. The van der Waals surface area contributed by atoms with Gasteiger partial charge in [0.1, 0.15) is 0 Å². The van der Waals surface area contributed by atoms with Gasteiger partial charge in [-0.3, -0.25) is 9.20 Å². The maximum absolute atomic E-state index is 12.4. The number of hydrogen-bond acceptors (Lipinski definition) is 4. The summed E-state index contributed by atoms with van der Waals surface area (Å²) in [6.07, 6.45) is 0.917. The topological polar surface area (TPSA) is 63.2 Å². The molecule has 30 heavy (non-hydrogen) atoms. The zero-order chi connectivity index (χ0) is 21.3. The quantitative estimate of drug-likeness (QED) is 0.516. The zero-order valence-electron chi connectivity index (χ0n) is 18.0. The Kier molecular flexibility index (Phi) is 8.13. The lowest BCUT2D eigenvalue weighted by Gasteiger charge is -2.32. The summed E-state index contributed by atoms with van der Waals surface area (Å²) in [5.41, 5.74) is 3.60. The van der Waals surface area contributed by atoms with Crippen LogP contribution in [-0.4, -0.2) is 54.7 Å². The summed E-state index contributed by atoms with van der Waals surface area (Å²) < 4.78 is 23.3. The third kappa shape index (κ3) is 5.75. The Labute approximate surface area is 181 Å². The van der Waals surface area contributed by atoms with Crippen molar-refractivity contribution in [3.05, 3.63) is 59.2 Å². The summed E-state index contributed by atoms with van der Waals surface area (Å²) in [4.78, 5) is 7.00. The second-order valence-corrected chi connectivity index (χ2v) is 8.73. The number of guanidine groups is 1. The Morgan fingerprint density at radius 1 is 1.13 bits per heavy atom. The standard InChI is InChI=1S/C23H31N3O3S/c1-4-24-23(25-11-13-30(27)17-18-8-6-5-7-9-18)26-12-10-19-14-21(28-2)22(29-3)15-20(19)16-26/h5-9,14-15H,4,10-13,16-17H2,1-3H3,(H,24,25). The fourth-order valence-electron chi connectivity index (χ4n) is 3.58. The van der Waals surface area contributed by atoms with Crippen LogP contribution in [0.3, 0.4) is 0 Å². The van der Waals surface area contributed by atoms with Gasteiger partial charge < -0.3 is 19.7 Å². The first-order valence-corrected chi connectivity index (χ1v) is 11.8. The van der Waals surface area contributed by atoms with E-state index in [0.29, 0.717) is 18.1 Å². The molecular formula is C23H31N3O3S. The molecule has 0 amide bonds. The molecule has 1 heterocycles. The lowest BCUT2D eigenvalue weighted by Crippen LogP contribution is -2.44. The van der Waals surface area contributed by atoms with Crippen molar-refractivity contribution in [2.45, 2.75) is 25.6 Å². The average Bonchev–Trinajstić information content (AvgIpc) is 2.77. The predicted molar refractivity (Wildman–Crippen MR) is 123 cm³/mol. The van der Waals surface area contributed by atoms with Crippen LogP contribution in [0.4, 0.5) is 0 Å². The van der Waals surface area contributed by atoms with Gasteiger partial charge in [0.05, 0.1) is 20.8 Å². The molecule has 0 saturated heterocycles. The van der Waals surface area contributed by atoms with Crippen LogP contribution in [0.1, 0.15) is 23.6 Å². The van der Waals surface area contributed by atoms with Gasteiger partial charge >= 0.3 is 0 Å². The Bertz CT molecular complexity index is 887. The first-order chi connectivity index (χ1) is 14.6. The van der Waals surface area contributed by atoms with Gasteiger partial charge in [-0.1, -0.05) is 30.3 Å². The molecule has 0 aliphatic carbocycles. The predicted octanol–water partition coefficient (Wildman–Crippen LogP) is 2.98. The molecule has 7 heteroatoms. The van der Waals surface area contributed by atoms with E-state index in [0.717, 1.165) is 49.1 Å². The number of nitrogens with zero attached hydrogens (tertiary/aromatic N) is 2. The van der Waals surface area contributed by atoms with Crippen LogP contribution in [0, 0.1) is 0 Å². The van der Waals surface area contributed by atoms with Crippen LogP contribution < -0.4 is 14.8 Å². The van der Waals surface area contributed by atoms with Crippen molar-refractivity contribution in [3.63, 3.8) is 0 Å². The van der Waals surface area contributed by atoms with Gasteiger partial charge in [-0.2, -0.15) is 0 Å². The van der Waals surface area contributed by atoms with Gasteiger partial charge in [0, 0.05) is 41.9 Å². The van der Waals surface area contributed by atoms with Crippen molar-refractivity contribution in [2.75, 3.05) is 39.6 Å². The Hall–Kier alpha value is -2.54. The maximum Gasteiger partial charge on any atom is 0.194 e. The minimum Gasteiger partial charge on any atom is -0.493 e. The normalized spacial score (nSPS) is 14.8. The van der Waals surface area contributed by atoms with E-state index in [1.807, 2.05) is 30.3 Å². The Morgan fingerprint density at radius 3 is 2.50 bits per heavy atom. The number of nitrogens with one attached hydrogen (secondary N) is 1. The molecule has 1 unspecified atom stereocenters. The molecule has 0 fully saturated rings. The molecule has 1 N–H and O–H groups in total. The van der Waals surface area contributed by atoms with Gasteiger partial charge in [0.25, 0.3) is 0 Å². The molecular weight excluding hydrogens is 398 g/mol. The van der Waals surface area contributed by atoms with Crippen molar-refractivity contribution in [3.8, 4) is 11.5 Å². The SMILES string of the molecule is CCNC(=NCCS(=O)Cc1ccccc1)N1CCc2cc(OC)c(OC)cc2C1. The number of aliphatic imine (C=N–C) groups is 1. The molecule has 0 aromatic heterocycles. The van der Waals surface area contributed by atoms with Crippen molar-refractivity contribution in [1.82, 2.24) is 10.2 Å². The summed E-state index contributed by atoms with van der Waals surface area (Å²) in [6.45, 7) is 5.03. The van der Waals surface area contributed by atoms with Crippen LogP contribution in [0.5, 0.6) is 11.5 Å². The Balaban J connectivity index is 1.64. The highest BCUT2D eigenvalue weighted by Gasteiger charge is 2.21. The number of rotatable bonds is 8. The third-order valence-electron chi connectivity index (χ3n) is 5.10. The lowest BCUT2D eigenvalue weighted by molar-refractivity contribution is 0.346.